The molecule has 9 rings (SSSR count). The summed E-state index contributed by atoms with van der Waals surface area (Å²) in [6.45, 7) is 16.6. The van der Waals surface area contributed by atoms with Gasteiger partial charge in [0.05, 0.1) is 22.1 Å². The molecule has 2 aliphatic heterocycles. The smallest absolute Gasteiger partial charge is 0.253 e. The van der Waals surface area contributed by atoms with Crippen LogP contribution >= 0.6 is 0 Å². The van der Waals surface area contributed by atoms with Gasteiger partial charge in [-0.2, -0.15) is 0 Å². The first kappa shape index (κ1) is 59.4. The third-order valence-electron chi connectivity index (χ3n) is 15.3. The second kappa shape index (κ2) is 24.3. The van der Waals surface area contributed by atoms with Crippen LogP contribution in [0.2, 0.25) is 0 Å². The summed E-state index contributed by atoms with van der Waals surface area (Å²) in [4.78, 5) is 74.1. The summed E-state index contributed by atoms with van der Waals surface area (Å²) in [5.41, 5.74) is -10.8. The molecule has 7 aromatic rings. The van der Waals surface area contributed by atoms with E-state index in [0.29, 0.717) is 52.4 Å². The zero-order valence-electron chi connectivity index (χ0n) is 47.2. The molecule has 0 radical (unpaired) electrons. The lowest BCUT2D eigenvalue weighted by atomic mass is 10.0. The van der Waals surface area contributed by atoms with Gasteiger partial charge in [0.2, 0.25) is 0 Å². The molecule has 0 saturated carbocycles. The fraction of sp³-hybridized carbons (Fsp3) is 0.250. The number of rotatable bonds is 16. The van der Waals surface area contributed by atoms with Crippen molar-refractivity contribution in [3.63, 3.8) is 0 Å². The highest BCUT2D eigenvalue weighted by Gasteiger charge is 2.35. The Morgan fingerprint density at radius 3 is 0.631 bits per heavy atom. The maximum Gasteiger partial charge on any atom is 0.253 e. The summed E-state index contributed by atoms with van der Waals surface area (Å²) >= 11 is 0. The molecular weight excluding hydrogens is 1100 g/mol. The fourth-order valence-corrected chi connectivity index (χ4v) is 10.6. The van der Waals surface area contributed by atoms with Crippen molar-refractivity contribution < 1.29 is 54.3 Å². The average molecular weight is 1160 g/mol. The largest absolute Gasteiger partial charge is 0.349 e. The first-order valence-corrected chi connectivity index (χ1v) is 27.6. The van der Waals surface area contributed by atoms with Crippen LogP contribution < -0.4 is 0 Å². The second-order valence-electron chi connectivity index (χ2n) is 19.6. The van der Waals surface area contributed by atoms with Gasteiger partial charge in [-0.1, -0.05) is 48.5 Å². The number of nitrogens with zero attached hydrogens (tertiary/aromatic N) is 6. The van der Waals surface area contributed by atoms with Crippen molar-refractivity contribution in [1.82, 2.24) is 39.5 Å². The Kier molecular flexibility index (Phi) is 17.2. The fourth-order valence-electron chi connectivity index (χ4n) is 10.6. The molecule has 20 heteroatoms. The van der Waals surface area contributed by atoms with Crippen molar-refractivity contribution in [2.45, 2.75) is 55.4 Å². The molecule has 2 aliphatic rings. The van der Waals surface area contributed by atoms with Gasteiger partial charge in [0.15, 0.2) is 46.6 Å². The van der Waals surface area contributed by atoms with Gasteiger partial charge in [-0.05, 0) is 126 Å². The highest BCUT2D eigenvalue weighted by Crippen LogP contribution is 2.48. The second-order valence-corrected chi connectivity index (χ2v) is 19.6. The van der Waals surface area contributed by atoms with Crippen LogP contribution in [0.15, 0.2) is 97.1 Å². The van der Waals surface area contributed by atoms with Crippen LogP contribution in [0.3, 0.4) is 0 Å². The Balaban J connectivity index is 1.50. The van der Waals surface area contributed by atoms with E-state index in [2.05, 4.69) is 19.9 Å². The summed E-state index contributed by atoms with van der Waals surface area (Å²) in [5.74, 6) is -15.9. The van der Waals surface area contributed by atoms with E-state index in [1.165, 1.54) is 117 Å². The van der Waals surface area contributed by atoms with Crippen LogP contribution in [0, 0.1) is 23.3 Å². The maximum absolute atomic E-state index is 17.5. The molecule has 0 aliphatic carbocycles. The Bertz CT molecular complexity index is 3500. The predicted molar refractivity (Wildman–Crippen MR) is 310 cm³/mol. The standard InChI is InChI=1S/C64H58F8N8O4/c1-9-77(10-2)61(81)37-25-17-33(18-26-37)41-53-45(65)47(67)55(73-53)42(34-19-27-38(28-20-34)62(82)78(11-3)12-4)57-49(69)51(71)59(75-57)44(36-23-31-40(32-24-36)64(84)80(15-7)16-8)60-52(72)50(70)58(76-60)43(56-48(68)46(66)54(41)74-56)35-21-29-39(30-22-35)63(83)79(13-5)14-6/h17-32,73,76H,9-16H2,1-8H3. The number of hydrogen-bond donors (Lipinski definition) is 2. The molecule has 0 atom stereocenters. The molecule has 3 aromatic heterocycles. The van der Waals surface area contributed by atoms with Gasteiger partial charge in [0.1, 0.15) is 22.8 Å². The molecule has 8 bridgehead atoms. The molecule has 0 saturated heterocycles. The molecular formula is C64H58F8N8O4. The number of carbonyl (C=O) groups is 4. The third-order valence-corrected chi connectivity index (χ3v) is 15.3. The summed E-state index contributed by atoms with van der Waals surface area (Å²) < 4.78 is 140. The lowest BCUT2D eigenvalue weighted by molar-refractivity contribution is 0.0765. The monoisotopic (exact) mass is 1150 g/mol. The summed E-state index contributed by atoms with van der Waals surface area (Å²) in [6, 6.07) is 20.5. The lowest BCUT2D eigenvalue weighted by Gasteiger charge is -2.18. The highest BCUT2D eigenvalue weighted by molar-refractivity contribution is 6.06. The minimum atomic E-state index is -1.79. The van der Waals surface area contributed by atoms with E-state index < -0.39 is 137 Å². The summed E-state index contributed by atoms with van der Waals surface area (Å²) in [7, 11) is 0. The van der Waals surface area contributed by atoms with E-state index in [-0.39, 0.29) is 44.5 Å². The van der Waals surface area contributed by atoms with Crippen LogP contribution in [0.4, 0.5) is 35.1 Å². The number of fused-ring (bicyclic) bond motifs is 8. The molecule has 434 valence electrons. The van der Waals surface area contributed by atoms with E-state index in [9.17, 15) is 19.2 Å². The van der Waals surface area contributed by atoms with Crippen molar-refractivity contribution >= 4 is 69.0 Å². The molecule has 2 N–H and O–H groups in total. The first-order chi connectivity index (χ1) is 40.3. The molecule has 0 spiro atoms. The van der Waals surface area contributed by atoms with Crippen LogP contribution in [0.25, 0.3) is 89.9 Å². The van der Waals surface area contributed by atoms with E-state index in [0.717, 1.165) is 0 Å². The molecule has 0 fully saturated rings. The maximum atomic E-state index is 17.5. The van der Waals surface area contributed by atoms with Crippen LogP contribution in [0.1, 0.15) is 120 Å². The quantitative estimate of drug-likeness (QED) is 0.0924. The summed E-state index contributed by atoms with van der Waals surface area (Å²) in [5, 5.41) is 0. The minimum absolute atomic E-state index is 0.117. The van der Waals surface area contributed by atoms with Crippen molar-refractivity contribution in [1.29, 1.82) is 0 Å². The van der Waals surface area contributed by atoms with Crippen LogP contribution in [-0.2, 0) is 0 Å². The number of aromatic amines is 2. The lowest BCUT2D eigenvalue weighted by Crippen LogP contribution is -2.30. The van der Waals surface area contributed by atoms with Crippen molar-refractivity contribution in [3.05, 3.63) is 165 Å². The van der Waals surface area contributed by atoms with Crippen molar-refractivity contribution in [2.24, 2.45) is 0 Å². The van der Waals surface area contributed by atoms with E-state index >= 15 is 35.1 Å². The number of benzene rings is 4. The number of amides is 4. The predicted octanol–water partition coefficient (Wildman–Crippen LogP) is 15.0. The number of aromatic nitrogens is 4. The highest BCUT2D eigenvalue weighted by atomic mass is 19.2. The molecule has 5 heterocycles. The zero-order chi connectivity index (χ0) is 60.6. The van der Waals surface area contributed by atoms with Crippen LogP contribution in [-0.4, -0.2) is 116 Å². The van der Waals surface area contributed by atoms with Gasteiger partial charge < -0.3 is 29.6 Å². The molecule has 4 amide bonds. The Labute approximate surface area is 478 Å². The first-order valence-electron chi connectivity index (χ1n) is 27.6. The molecule has 0 unspecified atom stereocenters. The van der Waals surface area contributed by atoms with Crippen LogP contribution in [0.5, 0.6) is 0 Å². The number of halogens is 8. The number of nitrogens with one attached hydrogen (secondary N) is 2. The number of H-pyrrole nitrogens is 2. The zero-order valence-corrected chi connectivity index (χ0v) is 47.2. The van der Waals surface area contributed by atoms with Crippen molar-refractivity contribution in [2.75, 3.05) is 52.4 Å². The van der Waals surface area contributed by atoms with E-state index in [1.807, 2.05) is 0 Å². The van der Waals surface area contributed by atoms with Gasteiger partial charge in [-0.3, -0.25) is 19.2 Å². The van der Waals surface area contributed by atoms with Gasteiger partial charge in [0.25, 0.3) is 23.6 Å². The Hall–Kier alpha value is -9.20. The third kappa shape index (κ3) is 10.3. The minimum Gasteiger partial charge on any atom is -0.349 e. The van der Waals surface area contributed by atoms with E-state index in [4.69, 9.17) is 0 Å². The average Bonchev–Trinajstić information content (AvgIpc) is 1.86. The Morgan fingerprint density at radius 2 is 0.476 bits per heavy atom. The Morgan fingerprint density at radius 1 is 0.310 bits per heavy atom. The SMILES string of the molecule is CCN(CC)C(=O)c1ccc(-c2c3nc(c(-c4ccc(C(=O)N(CC)CC)cc4)c4[nH]c(c(F)c4F)c(-c4ccc(C(=O)N(CC)CC)cc4)c4nc(c(-c5ccc(C(=O)N(CC)CC)cc5)c5[nH]c2c(F)c5F)C(F)=C4F)C(F)=C3F)cc1. The van der Waals surface area contributed by atoms with Crippen molar-refractivity contribution in [3.8, 4) is 44.5 Å². The topological polar surface area (TPSA) is 139 Å². The van der Waals surface area contributed by atoms with Gasteiger partial charge in [-0.15, -0.1) is 0 Å². The molecule has 84 heavy (non-hydrogen) atoms. The number of carbonyl (C=O) groups excluding carboxylic acids is 4. The van der Waals surface area contributed by atoms with Gasteiger partial charge in [0, 0.05) is 96.9 Å². The summed E-state index contributed by atoms with van der Waals surface area (Å²) in [6.07, 6.45) is 0. The van der Waals surface area contributed by atoms with Gasteiger partial charge in [-0.25, -0.2) is 45.1 Å². The molecule has 12 nitrogen and oxygen atoms in total. The van der Waals surface area contributed by atoms with E-state index in [1.54, 1.807) is 55.4 Å². The number of hydrogen-bond acceptors (Lipinski definition) is 6. The normalized spacial score (nSPS) is 12.3. The molecule has 4 aromatic carbocycles. The van der Waals surface area contributed by atoms with Gasteiger partial charge >= 0.3 is 0 Å².